The Bertz CT molecular complexity index is 1440. The van der Waals surface area contributed by atoms with Gasteiger partial charge in [-0.15, -0.1) is 0 Å². The minimum absolute atomic E-state index is 0.104. The molecule has 202 valence electrons. The number of rotatable bonds is 11. The lowest BCUT2D eigenvalue weighted by Gasteiger charge is -2.27. The van der Waals surface area contributed by atoms with Gasteiger partial charge in [-0.2, -0.15) is 11.8 Å². The number of hydrogen-bond acceptors (Lipinski definition) is 7. The maximum absolute atomic E-state index is 12.5. The van der Waals surface area contributed by atoms with Crippen molar-refractivity contribution in [1.82, 2.24) is 20.3 Å². The van der Waals surface area contributed by atoms with Gasteiger partial charge in [0.15, 0.2) is 0 Å². The number of aromatic nitrogens is 3. The van der Waals surface area contributed by atoms with Gasteiger partial charge in [0.25, 0.3) is 5.91 Å². The highest BCUT2D eigenvalue weighted by molar-refractivity contribution is 7.98. The minimum atomic E-state index is -0.112. The summed E-state index contributed by atoms with van der Waals surface area (Å²) in [6.07, 6.45) is 6.34. The largest absolute Gasteiger partial charge is 0.370 e. The molecule has 0 aliphatic rings. The molecule has 4 rings (SSSR count). The number of nitrogens with zero attached hydrogens (tertiary/aromatic N) is 3. The van der Waals surface area contributed by atoms with E-state index < -0.39 is 0 Å². The van der Waals surface area contributed by atoms with Crippen molar-refractivity contribution in [3.8, 4) is 11.3 Å². The summed E-state index contributed by atoms with van der Waals surface area (Å²) in [4.78, 5) is 37.4. The molecule has 0 saturated heterocycles. The van der Waals surface area contributed by atoms with Gasteiger partial charge in [-0.3, -0.25) is 14.6 Å². The number of para-hydroxylation sites is 1. The van der Waals surface area contributed by atoms with Crippen LogP contribution in [0.1, 0.15) is 42.1 Å². The molecule has 9 heteroatoms. The Morgan fingerprint density at radius 1 is 1.03 bits per heavy atom. The van der Waals surface area contributed by atoms with Crippen molar-refractivity contribution in [2.24, 2.45) is 5.92 Å². The van der Waals surface area contributed by atoms with Crippen LogP contribution in [0.15, 0.2) is 67.1 Å². The monoisotopic (exact) mass is 542 g/mol. The first-order valence-corrected chi connectivity index (χ1v) is 14.4. The summed E-state index contributed by atoms with van der Waals surface area (Å²) in [6, 6.07) is 17.4. The van der Waals surface area contributed by atoms with E-state index in [1.807, 2.05) is 54.2 Å². The van der Waals surface area contributed by atoms with Crippen LogP contribution in [0.2, 0.25) is 0 Å². The van der Waals surface area contributed by atoms with Crippen molar-refractivity contribution in [3.63, 3.8) is 0 Å². The molecule has 0 fully saturated rings. The first-order valence-electron chi connectivity index (χ1n) is 13.0. The number of carbonyl (C=O) groups excluding carboxylic acids is 2. The Morgan fingerprint density at radius 2 is 1.82 bits per heavy atom. The van der Waals surface area contributed by atoms with E-state index in [1.165, 1.54) is 6.92 Å². The van der Waals surface area contributed by atoms with Crippen molar-refractivity contribution in [1.29, 1.82) is 0 Å². The normalized spacial score (nSPS) is 12.5. The average molecular weight is 543 g/mol. The summed E-state index contributed by atoms with van der Waals surface area (Å²) in [6.45, 7) is 4.41. The third-order valence-corrected chi connectivity index (χ3v) is 7.54. The van der Waals surface area contributed by atoms with E-state index in [2.05, 4.69) is 45.2 Å². The maximum atomic E-state index is 12.5. The highest BCUT2D eigenvalue weighted by Crippen LogP contribution is 2.35. The number of thioether (sulfide) groups is 1. The van der Waals surface area contributed by atoms with Gasteiger partial charge in [0.05, 0.1) is 16.8 Å². The molecular weight excluding hydrogens is 508 g/mol. The average Bonchev–Trinajstić information content (AvgIpc) is 2.96. The van der Waals surface area contributed by atoms with Gasteiger partial charge < -0.3 is 16.0 Å². The van der Waals surface area contributed by atoms with Crippen LogP contribution in [0.3, 0.4) is 0 Å². The minimum Gasteiger partial charge on any atom is -0.370 e. The molecule has 2 atom stereocenters. The number of carbonyl (C=O) groups is 2. The summed E-state index contributed by atoms with van der Waals surface area (Å²) in [7, 11) is 1.65. The molecule has 2 amide bonds. The Balaban J connectivity index is 1.56. The van der Waals surface area contributed by atoms with E-state index in [1.54, 1.807) is 25.6 Å². The topological polar surface area (TPSA) is 109 Å². The number of pyridine rings is 1. The molecule has 0 aliphatic carbocycles. The second kappa shape index (κ2) is 13.2. The fourth-order valence-corrected chi connectivity index (χ4v) is 5.72. The molecule has 0 aliphatic heterocycles. The lowest BCUT2D eigenvalue weighted by atomic mass is 9.83. The molecule has 4 aromatic rings. The molecule has 2 aromatic carbocycles. The number of nitrogens with one attached hydrogen (secondary N) is 3. The Hall–Kier alpha value is -3.98. The summed E-state index contributed by atoms with van der Waals surface area (Å²) in [5.74, 6) is 2.04. The number of amides is 2. The Kier molecular flexibility index (Phi) is 9.49. The van der Waals surface area contributed by atoms with Crippen molar-refractivity contribution >= 4 is 46.0 Å². The van der Waals surface area contributed by atoms with Gasteiger partial charge in [-0.25, -0.2) is 9.97 Å². The highest BCUT2D eigenvalue weighted by atomic mass is 32.2. The van der Waals surface area contributed by atoms with Crippen LogP contribution in [-0.2, 0) is 4.79 Å². The molecule has 0 saturated carbocycles. The smallest absolute Gasteiger partial charge is 0.251 e. The van der Waals surface area contributed by atoms with Crippen molar-refractivity contribution in [2.75, 3.05) is 36.2 Å². The van der Waals surface area contributed by atoms with E-state index in [-0.39, 0.29) is 17.7 Å². The Labute approximate surface area is 233 Å². The number of hydrogen-bond donors (Lipinski definition) is 3. The molecule has 8 nitrogen and oxygen atoms in total. The van der Waals surface area contributed by atoms with E-state index in [9.17, 15) is 9.59 Å². The van der Waals surface area contributed by atoms with Crippen LogP contribution in [0.5, 0.6) is 0 Å². The lowest BCUT2D eigenvalue weighted by Crippen LogP contribution is -2.24. The van der Waals surface area contributed by atoms with Crippen molar-refractivity contribution in [2.45, 2.75) is 26.2 Å². The van der Waals surface area contributed by atoms with Gasteiger partial charge in [-0.05, 0) is 54.0 Å². The second-order valence-corrected chi connectivity index (χ2v) is 10.2. The fourth-order valence-electron chi connectivity index (χ4n) is 4.94. The third-order valence-electron chi connectivity index (χ3n) is 6.78. The SMILES string of the molecule is CCC(c1cccc2c(C(=O)NC)ccnc12)C(CNc1cc(-c2ccc(NC(C)=O)cc2)ncn1)CSC. The standard InChI is InChI=1S/C30H34N6O2S/c1-5-23(24-7-6-8-25-26(30(38)31-3)13-14-32-29(24)25)21(17-39-4)16-33-28-15-27(34-18-35-28)20-9-11-22(12-10-20)36-19(2)37/h6-15,18,21,23H,5,16-17H2,1-4H3,(H,31,38)(H,36,37)(H,33,34,35). The van der Waals surface area contributed by atoms with Crippen LogP contribution in [0.4, 0.5) is 11.5 Å². The zero-order valence-corrected chi connectivity index (χ0v) is 23.5. The molecule has 2 heterocycles. The number of benzene rings is 2. The molecule has 3 N–H and O–H groups in total. The van der Waals surface area contributed by atoms with Gasteiger partial charge in [0.2, 0.25) is 5.91 Å². The molecular formula is C30H34N6O2S. The number of anilines is 2. The molecule has 2 aromatic heterocycles. The molecule has 2 unspecified atom stereocenters. The molecule has 39 heavy (non-hydrogen) atoms. The zero-order chi connectivity index (χ0) is 27.8. The van der Waals surface area contributed by atoms with Crippen LogP contribution in [0.25, 0.3) is 22.2 Å². The zero-order valence-electron chi connectivity index (χ0n) is 22.7. The quantitative estimate of drug-likeness (QED) is 0.227. The van der Waals surface area contributed by atoms with Crippen LogP contribution >= 0.6 is 11.8 Å². The van der Waals surface area contributed by atoms with Crippen LogP contribution in [0, 0.1) is 5.92 Å². The fraction of sp³-hybridized carbons (Fsp3) is 0.300. The van der Waals surface area contributed by atoms with Gasteiger partial charge >= 0.3 is 0 Å². The van der Waals surface area contributed by atoms with Gasteiger partial charge in [0, 0.05) is 49.4 Å². The Morgan fingerprint density at radius 3 is 2.51 bits per heavy atom. The van der Waals surface area contributed by atoms with E-state index >= 15 is 0 Å². The first-order chi connectivity index (χ1) is 18.9. The summed E-state index contributed by atoms with van der Waals surface area (Å²) < 4.78 is 0. The van der Waals surface area contributed by atoms with E-state index in [4.69, 9.17) is 4.98 Å². The predicted molar refractivity (Wildman–Crippen MR) is 160 cm³/mol. The molecule has 0 bridgehead atoms. The van der Waals surface area contributed by atoms with Crippen LogP contribution < -0.4 is 16.0 Å². The molecule has 0 spiro atoms. The molecule has 0 radical (unpaired) electrons. The van der Waals surface area contributed by atoms with Crippen molar-refractivity contribution in [3.05, 3.63) is 78.2 Å². The predicted octanol–water partition coefficient (Wildman–Crippen LogP) is 5.59. The van der Waals surface area contributed by atoms with Gasteiger partial charge in [-0.1, -0.05) is 37.3 Å². The van der Waals surface area contributed by atoms with Crippen LogP contribution in [-0.4, -0.2) is 52.4 Å². The third kappa shape index (κ3) is 6.72. The summed E-state index contributed by atoms with van der Waals surface area (Å²) in [5, 5.41) is 9.93. The van der Waals surface area contributed by atoms with E-state index in [0.717, 1.165) is 57.9 Å². The number of fused-ring (bicyclic) bond motifs is 1. The van der Waals surface area contributed by atoms with Gasteiger partial charge in [0.1, 0.15) is 12.1 Å². The van der Waals surface area contributed by atoms with E-state index in [0.29, 0.717) is 11.5 Å². The maximum Gasteiger partial charge on any atom is 0.251 e. The van der Waals surface area contributed by atoms with Crippen molar-refractivity contribution < 1.29 is 9.59 Å². The first kappa shape index (κ1) is 28.0. The summed E-state index contributed by atoms with van der Waals surface area (Å²) >= 11 is 1.82. The highest BCUT2D eigenvalue weighted by Gasteiger charge is 2.25. The summed E-state index contributed by atoms with van der Waals surface area (Å²) in [5.41, 5.74) is 5.16. The lowest BCUT2D eigenvalue weighted by molar-refractivity contribution is -0.114. The second-order valence-electron chi connectivity index (χ2n) is 9.34.